The van der Waals surface area contributed by atoms with Crippen molar-refractivity contribution in [3.05, 3.63) is 54.0 Å². The smallest absolute Gasteiger partial charge is 0.310 e. The molecule has 5 nitrogen and oxygen atoms in total. The highest BCUT2D eigenvalue weighted by molar-refractivity contribution is 5.91. The van der Waals surface area contributed by atoms with Gasteiger partial charge < -0.3 is 9.32 Å². The van der Waals surface area contributed by atoms with E-state index in [0.29, 0.717) is 13.1 Å². The molecule has 0 aromatic carbocycles. The molecule has 0 unspecified atom stereocenters. The zero-order chi connectivity index (χ0) is 16.4. The highest BCUT2D eigenvalue weighted by Crippen LogP contribution is 2.25. The molecule has 0 N–H and O–H groups in total. The van der Waals surface area contributed by atoms with Crippen LogP contribution in [0.15, 0.2) is 41.2 Å². The highest BCUT2D eigenvalue weighted by Gasteiger charge is 2.26. The van der Waals surface area contributed by atoms with Crippen molar-refractivity contribution >= 4 is 11.5 Å². The van der Waals surface area contributed by atoms with Crippen molar-refractivity contribution in [2.75, 3.05) is 13.1 Å². The molecule has 1 aliphatic rings. The van der Waals surface area contributed by atoms with Gasteiger partial charge in [-0.1, -0.05) is 32.9 Å². The lowest BCUT2D eigenvalue weighted by molar-refractivity contribution is 0.0731. The number of pyridine rings is 1. The average Bonchev–Trinajstić information content (AvgIpc) is 3.05. The lowest BCUT2D eigenvalue weighted by atomic mass is 9.94. The van der Waals surface area contributed by atoms with E-state index in [2.05, 4.69) is 16.0 Å². The van der Waals surface area contributed by atoms with Crippen molar-refractivity contribution in [3.63, 3.8) is 0 Å². The Hall–Kier alpha value is -2.43. The maximum absolute atomic E-state index is 12.6. The van der Waals surface area contributed by atoms with Crippen molar-refractivity contribution in [1.29, 1.82) is 0 Å². The second kappa shape index (κ2) is 5.99. The molecule has 0 radical (unpaired) electrons. The summed E-state index contributed by atoms with van der Waals surface area (Å²) in [6, 6.07) is 3.91. The first-order valence-corrected chi connectivity index (χ1v) is 7.80. The fraction of sp³-hybridized carbons (Fsp3) is 0.389. The van der Waals surface area contributed by atoms with Gasteiger partial charge in [0, 0.05) is 30.9 Å². The maximum atomic E-state index is 12.6. The van der Waals surface area contributed by atoms with Gasteiger partial charge >= 0.3 is 5.91 Å². The lowest BCUT2D eigenvalue weighted by Gasteiger charge is -2.26. The summed E-state index contributed by atoms with van der Waals surface area (Å²) in [7, 11) is 0. The van der Waals surface area contributed by atoms with Crippen LogP contribution in [0.25, 0.3) is 5.57 Å². The van der Waals surface area contributed by atoms with E-state index in [0.717, 1.165) is 23.3 Å². The quantitative estimate of drug-likeness (QED) is 0.854. The molecule has 0 atom stereocenters. The highest BCUT2D eigenvalue weighted by atomic mass is 16.4. The van der Waals surface area contributed by atoms with E-state index in [1.165, 1.54) is 0 Å². The Labute approximate surface area is 136 Å². The number of rotatable bonds is 2. The van der Waals surface area contributed by atoms with E-state index in [1.54, 1.807) is 17.3 Å². The summed E-state index contributed by atoms with van der Waals surface area (Å²) in [5.41, 5.74) is 2.00. The van der Waals surface area contributed by atoms with Gasteiger partial charge in [-0.2, -0.15) is 0 Å². The van der Waals surface area contributed by atoms with E-state index in [4.69, 9.17) is 4.42 Å². The van der Waals surface area contributed by atoms with Crippen molar-refractivity contribution in [2.45, 2.75) is 32.6 Å². The predicted octanol–water partition coefficient (Wildman–Crippen LogP) is 3.30. The van der Waals surface area contributed by atoms with Gasteiger partial charge in [0.15, 0.2) is 0 Å². The molecule has 1 amide bonds. The molecule has 0 aliphatic carbocycles. The Kier molecular flexibility index (Phi) is 4.03. The largest absolute Gasteiger partial charge is 0.437 e. The molecule has 2 aromatic heterocycles. The molecule has 3 heterocycles. The van der Waals surface area contributed by atoms with Crippen molar-refractivity contribution < 1.29 is 9.21 Å². The van der Waals surface area contributed by atoms with E-state index in [9.17, 15) is 4.79 Å². The van der Waals surface area contributed by atoms with Crippen LogP contribution in [-0.2, 0) is 5.41 Å². The first-order valence-electron chi connectivity index (χ1n) is 7.80. The van der Waals surface area contributed by atoms with E-state index < -0.39 is 0 Å². The van der Waals surface area contributed by atoms with Crippen LogP contribution in [-0.4, -0.2) is 33.9 Å². The molecule has 5 heteroatoms. The van der Waals surface area contributed by atoms with Crippen LogP contribution < -0.4 is 0 Å². The Morgan fingerprint density at radius 1 is 1.30 bits per heavy atom. The fourth-order valence-electron chi connectivity index (χ4n) is 2.53. The molecule has 0 fully saturated rings. The van der Waals surface area contributed by atoms with E-state index in [1.807, 2.05) is 39.1 Å². The zero-order valence-corrected chi connectivity index (χ0v) is 13.7. The van der Waals surface area contributed by atoms with Crippen LogP contribution in [0.4, 0.5) is 0 Å². The average molecular weight is 311 g/mol. The molecule has 0 spiro atoms. The third-order valence-electron chi connectivity index (χ3n) is 3.90. The molecule has 0 saturated heterocycles. The number of hydrogen-bond donors (Lipinski definition) is 0. The maximum Gasteiger partial charge on any atom is 0.310 e. The monoisotopic (exact) mass is 311 g/mol. The summed E-state index contributed by atoms with van der Waals surface area (Å²) in [5, 5.41) is 0. The van der Waals surface area contributed by atoms with Gasteiger partial charge in [0.2, 0.25) is 0 Å². The minimum absolute atomic E-state index is 0.157. The van der Waals surface area contributed by atoms with Crippen LogP contribution in [0.1, 0.15) is 49.2 Å². The summed E-state index contributed by atoms with van der Waals surface area (Å²) in [6.07, 6.45) is 8.20. The summed E-state index contributed by atoms with van der Waals surface area (Å²) in [5.74, 6) is 0.734. The van der Waals surface area contributed by atoms with Crippen LogP contribution in [0.3, 0.4) is 0 Å². The number of oxazole rings is 1. The second-order valence-corrected chi connectivity index (χ2v) is 6.77. The molecule has 120 valence electrons. The first-order chi connectivity index (χ1) is 10.9. The molecule has 2 aromatic rings. The third kappa shape index (κ3) is 3.33. The second-order valence-electron chi connectivity index (χ2n) is 6.77. The van der Waals surface area contributed by atoms with Gasteiger partial charge in [0.1, 0.15) is 5.76 Å². The van der Waals surface area contributed by atoms with E-state index in [-0.39, 0.29) is 17.2 Å². The Bertz CT molecular complexity index is 726. The minimum atomic E-state index is -0.159. The molecule has 23 heavy (non-hydrogen) atoms. The van der Waals surface area contributed by atoms with Crippen molar-refractivity contribution in [3.8, 4) is 0 Å². The molecule has 3 rings (SSSR count). The molecular weight excluding hydrogens is 290 g/mol. The standard InChI is InChI=1S/C18H21N3O2/c1-18(2,3)15-11-20-16(23-15)17(22)21-9-5-7-14(12-21)13-6-4-8-19-10-13/h4,6-8,10-11H,5,9,12H2,1-3H3. The lowest BCUT2D eigenvalue weighted by Crippen LogP contribution is -2.35. The summed E-state index contributed by atoms with van der Waals surface area (Å²) < 4.78 is 5.67. The Balaban J connectivity index is 1.76. The normalized spacial score (nSPS) is 15.4. The number of carbonyl (C=O) groups is 1. The fourth-order valence-corrected chi connectivity index (χ4v) is 2.53. The molecule has 0 saturated carbocycles. The third-order valence-corrected chi connectivity index (χ3v) is 3.90. The first kappa shape index (κ1) is 15.5. The Morgan fingerprint density at radius 3 is 2.78 bits per heavy atom. The van der Waals surface area contributed by atoms with Crippen LogP contribution >= 0.6 is 0 Å². The number of carbonyl (C=O) groups excluding carboxylic acids is 1. The van der Waals surface area contributed by atoms with Crippen LogP contribution in [0, 0.1) is 0 Å². The molecule has 1 aliphatic heterocycles. The number of hydrogen-bond acceptors (Lipinski definition) is 4. The minimum Gasteiger partial charge on any atom is -0.437 e. The number of nitrogens with zero attached hydrogens (tertiary/aromatic N) is 3. The van der Waals surface area contributed by atoms with Gasteiger partial charge in [-0.25, -0.2) is 4.98 Å². The van der Waals surface area contributed by atoms with Gasteiger partial charge in [0.05, 0.1) is 6.20 Å². The number of aromatic nitrogens is 2. The van der Waals surface area contributed by atoms with Gasteiger partial charge in [-0.15, -0.1) is 0 Å². The summed E-state index contributed by atoms with van der Waals surface area (Å²) in [4.78, 5) is 22.7. The van der Waals surface area contributed by atoms with Crippen molar-refractivity contribution in [1.82, 2.24) is 14.9 Å². The van der Waals surface area contributed by atoms with Crippen LogP contribution in [0.5, 0.6) is 0 Å². The van der Waals surface area contributed by atoms with Gasteiger partial charge in [0.25, 0.3) is 5.89 Å². The van der Waals surface area contributed by atoms with E-state index >= 15 is 0 Å². The van der Waals surface area contributed by atoms with Crippen molar-refractivity contribution in [2.24, 2.45) is 0 Å². The van der Waals surface area contributed by atoms with Crippen LogP contribution in [0.2, 0.25) is 0 Å². The number of amides is 1. The SMILES string of the molecule is CC(C)(C)c1cnc(C(=O)N2CCC=C(c3cccnc3)C2)o1. The van der Waals surface area contributed by atoms with Gasteiger partial charge in [-0.05, 0) is 23.6 Å². The Morgan fingerprint density at radius 2 is 2.13 bits per heavy atom. The predicted molar refractivity (Wildman–Crippen MR) is 87.9 cm³/mol. The summed E-state index contributed by atoms with van der Waals surface area (Å²) >= 11 is 0. The topological polar surface area (TPSA) is 59.2 Å². The molecular formula is C18H21N3O2. The molecule has 0 bridgehead atoms. The van der Waals surface area contributed by atoms with Gasteiger partial charge in [-0.3, -0.25) is 9.78 Å². The summed E-state index contributed by atoms with van der Waals surface area (Å²) in [6.45, 7) is 7.33. The zero-order valence-electron chi connectivity index (χ0n) is 13.7.